The summed E-state index contributed by atoms with van der Waals surface area (Å²) in [4.78, 5) is 14.1. The minimum absolute atomic E-state index is 0. The molecule has 2 unspecified atom stereocenters. The van der Waals surface area contributed by atoms with Gasteiger partial charge in [-0.25, -0.2) is 9.37 Å². The number of guanidine groups is 1. The summed E-state index contributed by atoms with van der Waals surface area (Å²) in [5.41, 5.74) is 0.796. The van der Waals surface area contributed by atoms with Gasteiger partial charge in [0.2, 0.25) is 0 Å². The Balaban J connectivity index is 0.00000306. The van der Waals surface area contributed by atoms with E-state index in [0.29, 0.717) is 24.4 Å². The average molecular weight is 569 g/mol. The number of halogens is 2. The molecule has 33 heavy (non-hydrogen) atoms. The number of benzene rings is 1. The highest BCUT2D eigenvalue weighted by Crippen LogP contribution is 2.27. The zero-order valence-electron chi connectivity index (χ0n) is 19.9. The minimum Gasteiger partial charge on any atom is -0.357 e. The molecule has 0 bridgehead atoms. The Bertz CT molecular complexity index is 866. The van der Waals surface area contributed by atoms with E-state index in [0.717, 1.165) is 70.1 Å². The molecule has 4 rings (SSSR count). The Kier molecular flexibility index (Phi) is 9.97. The molecule has 1 N–H and O–H groups in total. The largest absolute Gasteiger partial charge is 0.357 e. The molecular weight excluding hydrogens is 530 g/mol. The molecule has 6 nitrogen and oxygen atoms in total. The zero-order chi connectivity index (χ0) is 22.3. The van der Waals surface area contributed by atoms with Gasteiger partial charge in [0.25, 0.3) is 0 Å². The van der Waals surface area contributed by atoms with Gasteiger partial charge in [-0.3, -0.25) is 9.89 Å². The van der Waals surface area contributed by atoms with E-state index in [1.54, 1.807) is 12.1 Å². The molecule has 1 aromatic carbocycles. The first-order valence-electron chi connectivity index (χ1n) is 12.1. The second-order valence-corrected chi connectivity index (χ2v) is 9.29. The van der Waals surface area contributed by atoms with E-state index in [1.165, 1.54) is 0 Å². The van der Waals surface area contributed by atoms with E-state index < -0.39 is 0 Å². The number of aromatic nitrogens is 2. The molecular formula is C25H38FIN6. The normalized spacial score (nSPS) is 22.8. The second kappa shape index (κ2) is 12.7. The number of rotatable bonds is 6. The summed E-state index contributed by atoms with van der Waals surface area (Å²) in [5.74, 6) is 2.16. The van der Waals surface area contributed by atoms with Gasteiger partial charge < -0.3 is 14.8 Å². The maximum absolute atomic E-state index is 14.0. The van der Waals surface area contributed by atoms with Crippen LogP contribution < -0.4 is 5.32 Å². The lowest BCUT2D eigenvalue weighted by Crippen LogP contribution is -2.49. The summed E-state index contributed by atoms with van der Waals surface area (Å²) < 4.78 is 16.2. The fourth-order valence-corrected chi connectivity index (χ4v) is 4.93. The van der Waals surface area contributed by atoms with Crippen molar-refractivity contribution in [2.75, 3.05) is 39.3 Å². The van der Waals surface area contributed by atoms with Gasteiger partial charge in [-0.2, -0.15) is 0 Å². The van der Waals surface area contributed by atoms with Crippen molar-refractivity contribution in [3.05, 3.63) is 54.4 Å². The third kappa shape index (κ3) is 6.91. The Labute approximate surface area is 214 Å². The third-order valence-electron chi connectivity index (χ3n) is 7.02. The number of nitrogens with zero attached hydrogens (tertiary/aromatic N) is 5. The molecule has 2 aromatic rings. The highest BCUT2D eigenvalue weighted by molar-refractivity contribution is 14.0. The third-order valence-corrected chi connectivity index (χ3v) is 7.02. The number of piperidine rings is 2. The standard InChI is InChI=1S/C25H37FN6.HI/c1-3-28-25(31-14-8-20(2)24(18-31)32-15-11-27-19-32)29-16-21-9-12-30(13-10-21)17-22-6-4-5-7-23(22)26;/h4-7,11,15,19-21,24H,3,8-10,12-14,16-18H2,1-2H3,(H,28,29);1H. The number of imidazole rings is 1. The fourth-order valence-electron chi connectivity index (χ4n) is 4.93. The van der Waals surface area contributed by atoms with Gasteiger partial charge in [0, 0.05) is 50.7 Å². The summed E-state index contributed by atoms with van der Waals surface area (Å²) in [7, 11) is 0. The summed E-state index contributed by atoms with van der Waals surface area (Å²) in [6.45, 7) is 10.9. The van der Waals surface area contributed by atoms with Gasteiger partial charge in [-0.1, -0.05) is 25.1 Å². The van der Waals surface area contributed by atoms with Crippen LogP contribution in [-0.2, 0) is 6.54 Å². The van der Waals surface area contributed by atoms with Crippen LogP contribution in [-0.4, -0.2) is 64.6 Å². The molecule has 2 aliphatic heterocycles. The molecule has 0 spiro atoms. The number of hydrogen-bond acceptors (Lipinski definition) is 3. The Morgan fingerprint density at radius 3 is 2.67 bits per heavy atom. The first-order chi connectivity index (χ1) is 15.6. The van der Waals surface area contributed by atoms with Crippen LogP contribution in [0.3, 0.4) is 0 Å². The van der Waals surface area contributed by atoms with E-state index >= 15 is 0 Å². The van der Waals surface area contributed by atoms with Crippen LogP contribution in [0.15, 0.2) is 48.0 Å². The summed E-state index contributed by atoms with van der Waals surface area (Å²) in [6.07, 6.45) is 9.26. The molecule has 0 radical (unpaired) electrons. The Hall–Kier alpha value is -1.68. The van der Waals surface area contributed by atoms with Crippen molar-refractivity contribution < 1.29 is 4.39 Å². The van der Waals surface area contributed by atoms with Crippen molar-refractivity contribution in [1.29, 1.82) is 0 Å². The van der Waals surface area contributed by atoms with Crippen molar-refractivity contribution >= 4 is 29.9 Å². The maximum atomic E-state index is 14.0. The smallest absolute Gasteiger partial charge is 0.193 e. The highest BCUT2D eigenvalue weighted by Gasteiger charge is 2.29. The maximum Gasteiger partial charge on any atom is 0.193 e. The van der Waals surface area contributed by atoms with Crippen LogP contribution >= 0.6 is 24.0 Å². The van der Waals surface area contributed by atoms with Crippen LogP contribution in [0.2, 0.25) is 0 Å². The van der Waals surface area contributed by atoms with E-state index in [1.807, 2.05) is 24.7 Å². The molecule has 2 aliphatic rings. The SMILES string of the molecule is CCNC(=NCC1CCN(Cc2ccccc2F)CC1)N1CCC(C)C(n2ccnc2)C1.I. The first-order valence-corrected chi connectivity index (χ1v) is 12.1. The Morgan fingerprint density at radius 2 is 1.97 bits per heavy atom. The van der Waals surface area contributed by atoms with Crippen LogP contribution in [0.1, 0.15) is 44.7 Å². The number of likely N-dealkylation sites (tertiary alicyclic amines) is 2. The van der Waals surface area contributed by atoms with Crippen LogP contribution in [0, 0.1) is 17.7 Å². The van der Waals surface area contributed by atoms with Crippen molar-refractivity contribution in [3.63, 3.8) is 0 Å². The molecule has 2 saturated heterocycles. The van der Waals surface area contributed by atoms with Crippen molar-refractivity contribution in [1.82, 2.24) is 24.7 Å². The summed E-state index contributed by atoms with van der Waals surface area (Å²) >= 11 is 0. The molecule has 2 atom stereocenters. The van der Waals surface area contributed by atoms with Gasteiger partial charge in [0.05, 0.1) is 12.4 Å². The topological polar surface area (TPSA) is 48.7 Å². The molecule has 0 amide bonds. The van der Waals surface area contributed by atoms with Gasteiger partial charge in [-0.15, -0.1) is 24.0 Å². The number of nitrogens with one attached hydrogen (secondary N) is 1. The van der Waals surface area contributed by atoms with Crippen molar-refractivity contribution in [2.24, 2.45) is 16.8 Å². The van der Waals surface area contributed by atoms with Crippen molar-refractivity contribution in [3.8, 4) is 0 Å². The highest BCUT2D eigenvalue weighted by atomic mass is 127. The minimum atomic E-state index is -0.0978. The average Bonchev–Trinajstić information content (AvgIpc) is 3.34. The van der Waals surface area contributed by atoms with Gasteiger partial charge in [-0.05, 0) is 57.2 Å². The van der Waals surface area contributed by atoms with Gasteiger partial charge >= 0.3 is 0 Å². The first kappa shape index (κ1) is 25.9. The van der Waals surface area contributed by atoms with E-state index in [9.17, 15) is 4.39 Å². The van der Waals surface area contributed by atoms with E-state index in [-0.39, 0.29) is 29.8 Å². The summed E-state index contributed by atoms with van der Waals surface area (Å²) in [5, 5.41) is 3.52. The summed E-state index contributed by atoms with van der Waals surface area (Å²) in [6, 6.07) is 7.55. The van der Waals surface area contributed by atoms with E-state index in [4.69, 9.17) is 4.99 Å². The predicted octanol–water partition coefficient (Wildman–Crippen LogP) is 4.40. The fraction of sp³-hybridized carbons (Fsp3) is 0.600. The van der Waals surface area contributed by atoms with Gasteiger partial charge in [0.15, 0.2) is 5.96 Å². The number of hydrogen-bond donors (Lipinski definition) is 1. The molecule has 1 aromatic heterocycles. The monoisotopic (exact) mass is 568 g/mol. The molecule has 8 heteroatoms. The quantitative estimate of drug-likeness (QED) is 0.319. The molecule has 0 aliphatic carbocycles. The molecule has 0 saturated carbocycles. The van der Waals surface area contributed by atoms with Crippen LogP contribution in [0.4, 0.5) is 4.39 Å². The zero-order valence-corrected chi connectivity index (χ0v) is 22.2. The number of aliphatic imine (C=N–C) groups is 1. The molecule has 2 fully saturated rings. The lowest BCUT2D eigenvalue weighted by atomic mass is 9.93. The Morgan fingerprint density at radius 1 is 1.18 bits per heavy atom. The van der Waals surface area contributed by atoms with Crippen LogP contribution in [0.5, 0.6) is 0 Å². The van der Waals surface area contributed by atoms with Crippen LogP contribution in [0.25, 0.3) is 0 Å². The lowest BCUT2D eigenvalue weighted by Gasteiger charge is -2.39. The molecule has 182 valence electrons. The van der Waals surface area contributed by atoms with E-state index in [2.05, 4.69) is 44.7 Å². The van der Waals surface area contributed by atoms with Gasteiger partial charge in [0.1, 0.15) is 5.82 Å². The second-order valence-electron chi connectivity index (χ2n) is 9.29. The predicted molar refractivity (Wildman–Crippen MR) is 142 cm³/mol. The molecule has 3 heterocycles. The van der Waals surface area contributed by atoms with Crippen molar-refractivity contribution in [2.45, 2.75) is 45.7 Å². The lowest BCUT2D eigenvalue weighted by molar-refractivity contribution is 0.176.